The van der Waals surface area contributed by atoms with Crippen molar-refractivity contribution in [2.24, 2.45) is 4.99 Å². The number of aryl methyl sites for hydroxylation is 2. The van der Waals surface area contributed by atoms with Crippen LogP contribution in [-0.4, -0.2) is 80.3 Å². The van der Waals surface area contributed by atoms with E-state index in [1.165, 1.54) is 19.5 Å². The van der Waals surface area contributed by atoms with Gasteiger partial charge in [0.05, 0.1) is 6.54 Å². The molecule has 0 bridgehead atoms. The van der Waals surface area contributed by atoms with E-state index in [-0.39, 0.29) is 6.54 Å². The van der Waals surface area contributed by atoms with E-state index in [1.807, 2.05) is 26.8 Å². The van der Waals surface area contributed by atoms with E-state index >= 15 is 0 Å². The summed E-state index contributed by atoms with van der Waals surface area (Å²) < 4.78 is 5.56. The third-order valence-electron chi connectivity index (χ3n) is 5.27. The van der Waals surface area contributed by atoms with Gasteiger partial charge in [0.25, 0.3) is 0 Å². The molecule has 0 aromatic carbocycles. The van der Waals surface area contributed by atoms with Crippen LogP contribution < -0.4 is 10.6 Å². The van der Waals surface area contributed by atoms with Crippen LogP contribution in [0.25, 0.3) is 0 Å². The lowest BCUT2D eigenvalue weighted by Crippen LogP contribution is -2.40. The molecule has 0 saturated carbocycles. The van der Waals surface area contributed by atoms with Crippen LogP contribution in [0.15, 0.2) is 15.5 Å². The Hall–Kier alpha value is -1.57. The van der Waals surface area contributed by atoms with Gasteiger partial charge in [-0.15, -0.1) is 0 Å². The Balaban J connectivity index is 1.82. The van der Waals surface area contributed by atoms with Crippen LogP contribution in [0.2, 0.25) is 0 Å². The van der Waals surface area contributed by atoms with Gasteiger partial charge in [-0.25, -0.2) is 4.99 Å². The Labute approximate surface area is 170 Å². The molecule has 28 heavy (non-hydrogen) atoms. The predicted octanol–water partition coefficient (Wildman–Crippen LogP) is 1.69. The summed E-state index contributed by atoms with van der Waals surface area (Å²) in [6.07, 6.45) is 2.32. The second kappa shape index (κ2) is 10.8. The van der Waals surface area contributed by atoms with Crippen molar-refractivity contribution in [3.63, 3.8) is 0 Å². The maximum absolute atomic E-state index is 10.9. The molecule has 1 aliphatic rings. The zero-order valence-corrected chi connectivity index (χ0v) is 18.3. The molecule has 0 radical (unpaired) electrons. The first-order chi connectivity index (χ1) is 13.3. The normalized spacial score (nSPS) is 19.3. The molecule has 160 valence electrons. The Bertz CT molecular complexity index is 626. The molecule has 2 rings (SSSR count). The summed E-state index contributed by atoms with van der Waals surface area (Å²) in [5.74, 6) is 2.30. The van der Waals surface area contributed by atoms with Crippen LogP contribution in [0.1, 0.15) is 43.8 Å². The molecule has 1 aromatic heterocycles. The number of rotatable bonds is 8. The van der Waals surface area contributed by atoms with Gasteiger partial charge in [0.2, 0.25) is 0 Å². The van der Waals surface area contributed by atoms with Crippen molar-refractivity contribution in [3.8, 4) is 0 Å². The highest BCUT2D eigenvalue weighted by atomic mass is 16.3. The monoisotopic (exact) mass is 393 g/mol. The van der Waals surface area contributed by atoms with Crippen molar-refractivity contribution in [3.05, 3.63) is 23.2 Å². The second-order valence-corrected chi connectivity index (χ2v) is 8.07. The van der Waals surface area contributed by atoms with Crippen LogP contribution >= 0.6 is 0 Å². The largest absolute Gasteiger partial charge is 0.466 e. The molecule has 3 N–H and O–H groups in total. The van der Waals surface area contributed by atoms with E-state index in [4.69, 9.17) is 4.42 Å². The van der Waals surface area contributed by atoms with Gasteiger partial charge in [0.15, 0.2) is 5.96 Å². The van der Waals surface area contributed by atoms with Crippen LogP contribution in [-0.2, 0) is 5.60 Å². The number of nitrogens with one attached hydrogen (secondary N) is 2. The summed E-state index contributed by atoms with van der Waals surface area (Å²) in [5.41, 5.74) is -0.252. The molecule has 1 saturated heterocycles. The second-order valence-electron chi connectivity index (χ2n) is 8.07. The van der Waals surface area contributed by atoms with Crippen molar-refractivity contribution < 1.29 is 9.52 Å². The third kappa shape index (κ3) is 7.11. The number of nitrogens with zero attached hydrogens (tertiary/aromatic N) is 3. The predicted molar refractivity (Wildman–Crippen MR) is 115 cm³/mol. The molecular weight excluding hydrogens is 354 g/mol. The lowest BCUT2D eigenvalue weighted by Gasteiger charge is -2.22. The van der Waals surface area contributed by atoms with Gasteiger partial charge >= 0.3 is 0 Å². The molecule has 7 heteroatoms. The molecule has 1 aromatic rings. The van der Waals surface area contributed by atoms with Crippen molar-refractivity contribution in [2.45, 2.75) is 46.1 Å². The minimum absolute atomic E-state index is 0.278. The fraction of sp³-hybridized carbons (Fsp3) is 0.762. The Morgan fingerprint density at radius 2 is 2.04 bits per heavy atom. The van der Waals surface area contributed by atoms with Gasteiger partial charge in [-0.2, -0.15) is 0 Å². The average Bonchev–Trinajstić information content (AvgIpc) is 2.85. The molecule has 2 heterocycles. The van der Waals surface area contributed by atoms with Gasteiger partial charge in [-0.1, -0.05) is 0 Å². The van der Waals surface area contributed by atoms with E-state index < -0.39 is 5.60 Å². The standard InChI is InChI=1S/C21H39N5O2/c1-6-22-20(23-9-7-11-26-12-8-10-25(5)13-14-26)24-16-21(4,27)19-15-17(2)28-18(19)3/h15,27H,6-14,16H2,1-5H3,(H2,22,23,24). The minimum Gasteiger partial charge on any atom is -0.466 e. The highest BCUT2D eigenvalue weighted by Gasteiger charge is 2.27. The molecule has 0 aliphatic carbocycles. The molecule has 1 unspecified atom stereocenters. The fourth-order valence-electron chi connectivity index (χ4n) is 3.66. The molecule has 7 nitrogen and oxygen atoms in total. The van der Waals surface area contributed by atoms with Gasteiger partial charge in [-0.05, 0) is 73.3 Å². The number of likely N-dealkylation sites (N-methyl/N-ethyl adjacent to an activating group) is 1. The van der Waals surface area contributed by atoms with Gasteiger partial charge in [-0.3, -0.25) is 0 Å². The third-order valence-corrected chi connectivity index (χ3v) is 5.27. The lowest BCUT2D eigenvalue weighted by molar-refractivity contribution is 0.0657. The summed E-state index contributed by atoms with van der Waals surface area (Å²) in [6.45, 7) is 15.3. The zero-order chi connectivity index (χ0) is 20.6. The maximum atomic E-state index is 10.9. The number of aliphatic imine (C=N–C) groups is 1. The Morgan fingerprint density at radius 3 is 2.71 bits per heavy atom. The topological polar surface area (TPSA) is 76.3 Å². The van der Waals surface area contributed by atoms with Crippen LogP contribution in [0, 0.1) is 13.8 Å². The molecule has 0 amide bonds. The Kier molecular flexibility index (Phi) is 8.79. The molecular formula is C21H39N5O2. The first-order valence-corrected chi connectivity index (χ1v) is 10.5. The number of furan rings is 1. The highest BCUT2D eigenvalue weighted by molar-refractivity contribution is 5.79. The molecule has 1 fully saturated rings. The summed E-state index contributed by atoms with van der Waals surface area (Å²) >= 11 is 0. The van der Waals surface area contributed by atoms with Crippen molar-refractivity contribution >= 4 is 5.96 Å². The SMILES string of the molecule is CCNC(=NCC(C)(O)c1cc(C)oc1C)NCCCN1CCCN(C)CC1. The molecule has 0 spiro atoms. The number of hydrogen-bond acceptors (Lipinski definition) is 5. The minimum atomic E-state index is -1.05. The van der Waals surface area contributed by atoms with Crippen molar-refractivity contribution in [1.82, 2.24) is 20.4 Å². The first-order valence-electron chi connectivity index (χ1n) is 10.5. The maximum Gasteiger partial charge on any atom is 0.191 e. The number of hydrogen-bond donors (Lipinski definition) is 3. The number of guanidine groups is 1. The van der Waals surface area contributed by atoms with E-state index in [9.17, 15) is 5.11 Å². The fourth-order valence-corrected chi connectivity index (χ4v) is 3.66. The van der Waals surface area contributed by atoms with Crippen molar-refractivity contribution in [1.29, 1.82) is 0 Å². The highest BCUT2D eigenvalue weighted by Crippen LogP contribution is 2.27. The zero-order valence-electron chi connectivity index (χ0n) is 18.3. The van der Waals surface area contributed by atoms with Gasteiger partial charge < -0.3 is 30.0 Å². The lowest BCUT2D eigenvalue weighted by atomic mass is 9.96. The average molecular weight is 394 g/mol. The smallest absolute Gasteiger partial charge is 0.191 e. The number of aliphatic hydroxyl groups is 1. The Morgan fingerprint density at radius 1 is 1.25 bits per heavy atom. The summed E-state index contributed by atoms with van der Waals surface area (Å²) in [6, 6.07) is 1.89. The summed E-state index contributed by atoms with van der Waals surface area (Å²) in [4.78, 5) is 9.56. The summed E-state index contributed by atoms with van der Waals surface area (Å²) in [7, 11) is 2.20. The van der Waals surface area contributed by atoms with Gasteiger partial charge in [0, 0.05) is 31.7 Å². The van der Waals surface area contributed by atoms with E-state index in [2.05, 4.69) is 32.5 Å². The van der Waals surface area contributed by atoms with Crippen LogP contribution in [0.3, 0.4) is 0 Å². The quantitative estimate of drug-likeness (QED) is 0.354. The summed E-state index contributed by atoms with van der Waals surface area (Å²) in [5, 5.41) is 17.5. The van der Waals surface area contributed by atoms with Crippen LogP contribution in [0.5, 0.6) is 0 Å². The molecule has 1 atom stereocenters. The van der Waals surface area contributed by atoms with Crippen LogP contribution in [0.4, 0.5) is 0 Å². The van der Waals surface area contributed by atoms with Gasteiger partial charge in [0.1, 0.15) is 17.1 Å². The van der Waals surface area contributed by atoms with Crippen molar-refractivity contribution in [2.75, 3.05) is 59.4 Å². The van der Waals surface area contributed by atoms with E-state index in [0.29, 0.717) is 0 Å². The molecule has 1 aliphatic heterocycles. The first kappa shape index (κ1) is 22.7. The van der Waals surface area contributed by atoms with E-state index in [0.717, 1.165) is 62.2 Å². The van der Waals surface area contributed by atoms with E-state index in [1.54, 1.807) is 6.92 Å².